The average molecular weight is 426 g/mol. The van der Waals surface area contributed by atoms with E-state index in [9.17, 15) is 27.6 Å². The number of hydrogen-bond donors (Lipinski definition) is 2. The summed E-state index contributed by atoms with van der Waals surface area (Å²) in [5, 5.41) is 3.36. The fourth-order valence-electron chi connectivity index (χ4n) is 2.85. The van der Waals surface area contributed by atoms with Gasteiger partial charge in [-0.2, -0.15) is 13.2 Å². The number of aryl methyl sites for hydroxylation is 2. The van der Waals surface area contributed by atoms with Crippen LogP contribution in [0.1, 0.15) is 21.5 Å². The molecule has 2 N–H and O–H groups in total. The summed E-state index contributed by atoms with van der Waals surface area (Å²) < 4.78 is 41.8. The summed E-state index contributed by atoms with van der Waals surface area (Å²) in [6.07, 6.45) is -5.30. The predicted molar refractivity (Wildman–Crippen MR) is 99.6 cm³/mol. The monoisotopic (exact) mass is 425 g/mol. The number of urea groups is 1. The van der Waals surface area contributed by atoms with E-state index in [1.165, 1.54) is 30.3 Å². The lowest BCUT2D eigenvalue weighted by atomic mass is 10.1. The first-order valence-electron chi connectivity index (χ1n) is 8.35. The van der Waals surface area contributed by atoms with E-state index in [1.54, 1.807) is 30.5 Å². The number of benzene rings is 2. The normalized spacial score (nSPS) is 19.3. The quantitative estimate of drug-likeness (QED) is 0.736. The van der Waals surface area contributed by atoms with Crippen LogP contribution >= 0.6 is 11.6 Å². The number of carbonyl (C=O) groups is 3. The van der Waals surface area contributed by atoms with Crippen LogP contribution < -0.4 is 15.5 Å². The molecule has 1 atom stereocenters. The largest absolute Gasteiger partial charge is 0.440 e. The molecule has 0 aliphatic carbocycles. The van der Waals surface area contributed by atoms with Gasteiger partial charge in [-0.3, -0.25) is 14.9 Å². The lowest BCUT2D eigenvalue weighted by molar-refractivity contribution is -0.197. The minimum atomic E-state index is -5.30. The van der Waals surface area contributed by atoms with Crippen LogP contribution in [0.2, 0.25) is 5.02 Å². The topological polar surface area (TPSA) is 78.5 Å². The van der Waals surface area contributed by atoms with Gasteiger partial charge in [-0.25, -0.2) is 9.69 Å². The van der Waals surface area contributed by atoms with Gasteiger partial charge in [0.05, 0.1) is 5.69 Å². The van der Waals surface area contributed by atoms with E-state index in [0.717, 1.165) is 11.6 Å². The number of carbonyl (C=O) groups excluding carboxylic acids is 3. The van der Waals surface area contributed by atoms with Crippen LogP contribution in [0.5, 0.6) is 0 Å². The molecule has 1 fully saturated rings. The third-order valence-electron chi connectivity index (χ3n) is 4.58. The summed E-state index contributed by atoms with van der Waals surface area (Å²) >= 11 is 5.77. The first-order valence-corrected chi connectivity index (χ1v) is 8.73. The van der Waals surface area contributed by atoms with E-state index in [4.69, 9.17) is 11.6 Å². The predicted octanol–water partition coefficient (Wildman–Crippen LogP) is 3.70. The lowest BCUT2D eigenvalue weighted by Gasteiger charge is -2.29. The smallest absolute Gasteiger partial charge is 0.314 e. The zero-order valence-electron chi connectivity index (χ0n) is 15.2. The molecule has 0 radical (unpaired) electrons. The van der Waals surface area contributed by atoms with Crippen molar-refractivity contribution >= 4 is 35.1 Å². The van der Waals surface area contributed by atoms with E-state index in [1.807, 2.05) is 0 Å². The Morgan fingerprint density at radius 1 is 1.10 bits per heavy atom. The molecule has 1 aliphatic heterocycles. The molecule has 1 heterocycles. The van der Waals surface area contributed by atoms with Gasteiger partial charge in [-0.1, -0.05) is 23.7 Å². The SMILES string of the molecule is Cc1ccc(N2C(=O)NC(NC(=O)c3cccc(Cl)c3)(C(F)(F)F)C2=O)cc1C. The molecular weight excluding hydrogens is 411 g/mol. The molecule has 2 aromatic rings. The molecule has 6 nitrogen and oxygen atoms in total. The first kappa shape index (κ1) is 20.7. The number of rotatable bonds is 3. The summed E-state index contributed by atoms with van der Waals surface area (Å²) in [6, 6.07) is 8.21. The van der Waals surface area contributed by atoms with Crippen molar-refractivity contribution in [2.24, 2.45) is 0 Å². The minimum Gasteiger partial charge on any atom is -0.314 e. The van der Waals surface area contributed by atoms with Crippen LogP contribution in [0.3, 0.4) is 0 Å². The molecule has 10 heteroatoms. The highest BCUT2D eigenvalue weighted by Crippen LogP contribution is 2.36. The van der Waals surface area contributed by atoms with Gasteiger partial charge in [0.25, 0.3) is 17.5 Å². The fourth-order valence-corrected chi connectivity index (χ4v) is 3.04. The van der Waals surface area contributed by atoms with Gasteiger partial charge in [0.1, 0.15) is 0 Å². The van der Waals surface area contributed by atoms with Crippen molar-refractivity contribution in [3.8, 4) is 0 Å². The zero-order chi connectivity index (χ0) is 21.6. The van der Waals surface area contributed by atoms with E-state index in [2.05, 4.69) is 0 Å². The van der Waals surface area contributed by atoms with Crippen LogP contribution in [-0.4, -0.2) is 29.7 Å². The standard InChI is InChI=1S/C19H15ClF3N3O3/c1-10-6-7-14(8-11(10)2)26-16(28)18(19(21,22)23,25-17(26)29)24-15(27)12-4-3-5-13(20)9-12/h3-9H,1-2H3,(H,24,27)(H,25,29). The van der Waals surface area contributed by atoms with Crippen LogP contribution in [0.4, 0.5) is 23.7 Å². The van der Waals surface area contributed by atoms with Crippen LogP contribution in [-0.2, 0) is 4.79 Å². The van der Waals surface area contributed by atoms with Crippen molar-refractivity contribution in [2.45, 2.75) is 25.7 Å². The Morgan fingerprint density at radius 2 is 1.79 bits per heavy atom. The first-order chi connectivity index (χ1) is 13.5. The Hall–Kier alpha value is -3.07. The molecule has 3 rings (SSSR count). The molecule has 1 aliphatic rings. The second-order valence-corrected chi connectivity index (χ2v) is 6.99. The maximum absolute atomic E-state index is 13.9. The Labute approximate surface area is 168 Å². The highest BCUT2D eigenvalue weighted by molar-refractivity contribution is 6.31. The van der Waals surface area contributed by atoms with Crippen LogP contribution in [0.15, 0.2) is 42.5 Å². The summed E-state index contributed by atoms with van der Waals surface area (Å²) in [5.41, 5.74) is -2.35. The van der Waals surface area contributed by atoms with E-state index < -0.39 is 29.7 Å². The molecule has 0 aromatic heterocycles. The second-order valence-electron chi connectivity index (χ2n) is 6.55. The van der Waals surface area contributed by atoms with E-state index in [-0.39, 0.29) is 16.3 Å². The van der Waals surface area contributed by atoms with Crippen molar-refractivity contribution in [1.29, 1.82) is 0 Å². The summed E-state index contributed by atoms with van der Waals surface area (Å²) in [7, 11) is 0. The van der Waals surface area contributed by atoms with Crippen molar-refractivity contribution in [2.75, 3.05) is 4.90 Å². The Bertz CT molecular complexity index is 1030. The highest BCUT2D eigenvalue weighted by Gasteiger charge is 2.69. The molecule has 29 heavy (non-hydrogen) atoms. The van der Waals surface area contributed by atoms with Crippen molar-refractivity contribution in [1.82, 2.24) is 10.6 Å². The molecule has 4 amide bonds. The lowest BCUT2D eigenvalue weighted by Crippen LogP contribution is -2.69. The highest BCUT2D eigenvalue weighted by atomic mass is 35.5. The van der Waals surface area contributed by atoms with Crippen LogP contribution in [0, 0.1) is 13.8 Å². The maximum atomic E-state index is 13.9. The Morgan fingerprint density at radius 3 is 2.38 bits per heavy atom. The summed E-state index contributed by atoms with van der Waals surface area (Å²) in [6.45, 7) is 3.46. The minimum absolute atomic E-state index is 0.0428. The second kappa shape index (κ2) is 7.07. The molecular formula is C19H15ClF3N3O3. The van der Waals surface area contributed by atoms with Crippen molar-refractivity contribution < 1.29 is 27.6 Å². The van der Waals surface area contributed by atoms with Crippen molar-refractivity contribution in [3.63, 3.8) is 0 Å². The molecule has 0 bridgehead atoms. The van der Waals surface area contributed by atoms with Gasteiger partial charge in [0, 0.05) is 10.6 Å². The zero-order valence-corrected chi connectivity index (χ0v) is 16.0. The molecule has 152 valence electrons. The van der Waals surface area contributed by atoms with Gasteiger partial charge in [-0.15, -0.1) is 0 Å². The number of imide groups is 1. The number of amides is 4. The molecule has 0 saturated carbocycles. The third kappa shape index (κ3) is 3.53. The summed E-state index contributed by atoms with van der Waals surface area (Å²) in [4.78, 5) is 37.9. The summed E-state index contributed by atoms with van der Waals surface area (Å²) in [5.74, 6) is -2.88. The van der Waals surface area contributed by atoms with E-state index >= 15 is 0 Å². The van der Waals surface area contributed by atoms with Crippen molar-refractivity contribution in [3.05, 3.63) is 64.2 Å². The molecule has 1 unspecified atom stereocenters. The average Bonchev–Trinajstić information content (AvgIpc) is 2.88. The van der Waals surface area contributed by atoms with Gasteiger partial charge < -0.3 is 5.32 Å². The number of nitrogens with zero attached hydrogens (tertiary/aromatic N) is 1. The number of anilines is 1. The molecule has 2 aromatic carbocycles. The van der Waals surface area contributed by atoms with Gasteiger partial charge in [0.2, 0.25) is 0 Å². The third-order valence-corrected chi connectivity index (χ3v) is 4.82. The number of hydrogen-bond acceptors (Lipinski definition) is 3. The maximum Gasteiger partial charge on any atom is 0.440 e. The fraction of sp³-hybridized carbons (Fsp3) is 0.211. The number of nitrogens with one attached hydrogen (secondary N) is 2. The van der Waals surface area contributed by atoms with Gasteiger partial charge in [-0.05, 0) is 55.3 Å². The van der Waals surface area contributed by atoms with Gasteiger partial charge in [0.15, 0.2) is 0 Å². The Kier molecular flexibility index (Phi) is 5.04. The van der Waals surface area contributed by atoms with E-state index in [0.29, 0.717) is 10.5 Å². The van der Waals surface area contributed by atoms with Gasteiger partial charge >= 0.3 is 12.2 Å². The molecule has 0 spiro atoms. The number of halogens is 4. The number of alkyl halides is 3. The van der Waals surface area contributed by atoms with Crippen LogP contribution in [0.25, 0.3) is 0 Å². The Balaban J connectivity index is 2.02. The molecule has 1 saturated heterocycles.